The molecule has 4 heterocycles. The molecule has 0 spiro atoms. The summed E-state index contributed by atoms with van der Waals surface area (Å²) >= 11 is 0. The van der Waals surface area contributed by atoms with Crippen molar-refractivity contribution in [2.75, 3.05) is 19.7 Å². The van der Waals surface area contributed by atoms with Gasteiger partial charge in [0.05, 0.1) is 24.8 Å². The molecule has 4 aliphatic heterocycles. The van der Waals surface area contributed by atoms with E-state index in [0.29, 0.717) is 0 Å². The summed E-state index contributed by atoms with van der Waals surface area (Å²) in [5, 5.41) is 104. The number of aliphatic carboxylic acids is 1. The highest BCUT2D eigenvalue weighted by molar-refractivity contribution is 5.73. The third-order valence-corrected chi connectivity index (χ3v) is 10.4. The third kappa shape index (κ3) is 8.54. The molecule has 22 N–H and O–H groups in total. The molecule has 24 atom stereocenters. The predicted molar refractivity (Wildman–Crippen MR) is 172 cm³/mol. The van der Waals surface area contributed by atoms with Crippen molar-refractivity contribution in [3.8, 4) is 0 Å². The van der Waals surface area contributed by atoms with Crippen LogP contribution in [0.1, 0.15) is 6.42 Å². The van der Waals surface area contributed by atoms with Gasteiger partial charge >= 0.3 is 5.97 Å². The summed E-state index contributed by atoms with van der Waals surface area (Å²) in [6, 6.07) is -4.76. The Morgan fingerprint density at radius 1 is 0.519 bits per heavy atom. The van der Waals surface area contributed by atoms with Gasteiger partial charge in [0.15, 0.2) is 31.3 Å². The van der Waals surface area contributed by atoms with E-state index in [1.165, 1.54) is 0 Å². The Bertz CT molecular complexity index is 1230. The monoisotopic (exact) mass is 790 g/mol. The zero-order valence-corrected chi connectivity index (χ0v) is 28.8. The molecule has 4 saturated heterocycles. The second-order valence-electron chi connectivity index (χ2n) is 14.1. The minimum Gasteiger partial charge on any atom is -0.479 e. The molecule has 0 bridgehead atoms. The van der Waals surface area contributed by atoms with E-state index in [-0.39, 0.29) is 19.5 Å². The van der Waals surface area contributed by atoms with Crippen molar-refractivity contribution in [1.82, 2.24) is 0 Å². The summed E-state index contributed by atoms with van der Waals surface area (Å²) < 4.78 is 45.9. The summed E-state index contributed by atoms with van der Waals surface area (Å²) in [5.41, 5.74) is 36.4. The second-order valence-corrected chi connectivity index (χ2v) is 14.1. The quantitative estimate of drug-likeness (QED) is 0.0872. The number of carbonyl (C=O) groups is 1. The van der Waals surface area contributed by atoms with Gasteiger partial charge in [0.25, 0.3) is 0 Å². The molecule has 5 fully saturated rings. The van der Waals surface area contributed by atoms with Crippen molar-refractivity contribution in [3.05, 3.63) is 0 Å². The lowest BCUT2D eigenvalue weighted by molar-refractivity contribution is -0.348. The minimum absolute atomic E-state index is 0.0233. The van der Waals surface area contributed by atoms with Gasteiger partial charge in [-0.25, -0.2) is 4.79 Å². The minimum atomic E-state index is -2.01. The van der Waals surface area contributed by atoms with Crippen molar-refractivity contribution in [3.63, 3.8) is 0 Å². The van der Waals surface area contributed by atoms with Crippen LogP contribution in [0.2, 0.25) is 0 Å². The van der Waals surface area contributed by atoms with Gasteiger partial charge in [-0.15, -0.1) is 0 Å². The van der Waals surface area contributed by atoms with Crippen LogP contribution in [-0.2, 0) is 42.7 Å². The standard InChI is InChI=1S/C29H54N6O19/c30-2-7-13(38)14(39)10(34)26(47-7)51-22-9(4-36)49-29(19(22)44)53-23-12(37)5(32)1-6(33)20(23)50-27-11(35)15(40)21(8(3-31)48-27)52-28-18(43)16(41)17(42)24(54-28)25(45)46/h5-24,26-29,36-44H,1-4,30-35H2,(H,45,46)/t5-,6+,7+,8-,9-,10-,11-,12+,13-,14-,15-,16?,17?,18?,19-,20-,21-,22-,23-,24?,26-,27-,28?,29+/m1/s1. The number of rotatable bonds is 12. The van der Waals surface area contributed by atoms with Gasteiger partial charge < -0.3 is 123 Å². The lowest BCUT2D eigenvalue weighted by Gasteiger charge is -2.49. The molecule has 0 amide bonds. The second kappa shape index (κ2) is 18.0. The van der Waals surface area contributed by atoms with Crippen LogP contribution in [0, 0.1) is 0 Å². The maximum absolute atomic E-state index is 11.6. The van der Waals surface area contributed by atoms with Crippen LogP contribution in [0.15, 0.2) is 0 Å². The van der Waals surface area contributed by atoms with Crippen LogP contribution in [0.4, 0.5) is 0 Å². The van der Waals surface area contributed by atoms with Crippen LogP contribution in [0.5, 0.6) is 0 Å². The fourth-order valence-corrected chi connectivity index (χ4v) is 7.21. The molecule has 5 unspecified atom stereocenters. The lowest BCUT2D eigenvalue weighted by Crippen LogP contribution is -2.69. The SMILES string of the molecule is NC[C@@H]1O[C@H](O[C@H]2[C@@H](O)[C@H](O[C@@H]3[C@@H](O)[C@H](N)C[C@H](N)[C@H]3O[C@H]3O[C@H](CN)[C@@H](OC4OC(C(=O)O)C(O)C(O)C4O)[C@H](O)[C@H]3N)O[C@@H]2CO)[C@H](N)[C@@H](O)[C@@H]1O. The maximum atomic E-state index is 11.6. The Labute approximate surface area is 307 Å². The fourth-order valence-electron chi connectivity index (χ4n) is 7.21. The average molecular weight is 791 g/mol. The van der Waals surface area contributed by atoms with E-state index >= 15 is 0 Å². The number of hydrogen-bond donors (Lipinski definition) is 16. The van der Waals surface area contributed by atoms with Gasteiger partial charge in [0.2, 0.25) is 0 Å². The molecular weight excluding hydrogens is 736 g/mol. The molecule has 54 heavy (non-hydrogen) atoms. The molecule has 5 aliphatic rings. The first-order valence-electron chi connectivity index (χ1n) is 17.4. The summed E-state index contributed by atoms with van der Waals surface area (Å²) in [6.45, 7) is -1.30. The summed E-state index contributed by atoms with van der Waals surface area (Å²) in [7, 11) is 0. The number of nitrogens with two attached hydrogens (primary N) is 6. The predicted octanol–water partition coefficient (Wildman–Crippen LogP) is -11.0. The molecule has 25 heteroatoms. The zero-order valence-electron chi connectivity index (χ0n) is 28.8. The highest BCUT2D eigenvalue weighted by Gasteiger charge is 2.56. The summed E-state index contributed by atoms with van der Waals surface area (Å²) in [4.78, 5) is 11.6. The molecule has 0 aromatic heterocycles. The smallest absolute Gasteiger partial charge is 0.335 e. The van der Waals surface area contributed by atoms with E-state index in [0.717, 1.165) is 0 Å². The van der Waals surface area contributed by atoms with E-state index in [2.05, 4.69) is 0 Å². The molecule has 5 rings (SSSR count). The largest absolute Gasteiger partial charge is 0.479 e. The molecule has 1 aliphatic carbocycles. The Kier molecular flexibility index (Phi) is 14.6. The Balaban J connectivity index is 1.29. The fraction of sp³-hybridized carbons (Fsp3) is 0.966. The van der Waals surface area contributed by atoms with Crippen molar-refractivity contribution < 1.29 is 93.8 Å². The topological polar surface area (TPSA) is 449 Å². The summed E-state index contributed by atoms with van der Waals surface area (Å²) in [5.74, 6) is -1.67. The Morgan fingerprint density at radius 3 is 1.61 bits per heavy atom. The van der Waals surface area contributed by atoms with Crippen LogP contribution >= 0.6 is 0 Å². The van der Waals surface area contributed by atoms with Crippen LogP contribution < -0.4 is 34.4 Å². The van der Waals surface area contributed by atoms with E-state index in [1.54, 1.807) is 0 Å². The summed E-state index contributed by atoms with van der Waals surface area (Å²) in [6.07, 6.45) is -31.7. The van der Waals surface area contributed by atoms with Crippen molar-refractivity contribution >= 4 is 5.97 Å². The van der Waals surface area contributed by atoms with Crippen molar-refractivity contribution in [2.45, 2.75) is 153 Å². The molecule has 0 aromatic rings. The van der Waals surface area contributed by atoms with Crippen LogP contribution in [0.3, 0.4) is 0 Å². The van der Waals surface area contributed by atoms with E-state index in [9.17, 15) is 55.9 Å². The highest BCUT2D eigenvalue weighted by Crippen LogP contribution is 2.35. The maximum Gasteiger partial charge on any atom is 0.335 e. The van der Waals surface area contributed by atoms with Gasteiger partial charge in [0.1, 0.15) is 85.5 Å². The first kappa shape index (κ1) is 43.7. The van der Waals surface area contributed by atoms with Crippen molar-refractivity contribution in [1.29, 1.82) is 0 Å². The molecule has 25 nitrogen and oxygen atoms in total. The number of aliphatic hydroxyl groups is 9. The van der Waals surface area contributed by atoms with E-state index < -0.39 is 160 Å². The van der Waals surface area contributed by atoms with Gasteiger partial charge in [-0.05, 0) is 6.42 Å². The third-order valence-electron chi connectivity index (χ3n) is 10.4. The Morgan fingerprint density at radius 2 is 1.02 bits per heavy atom. The van der Waals surface area contributed by atoms with Crippen molar-refractivity contribution in [2.24, 2.45) is 34.4 Å². The molecule has 314 valence electrons. The molecule has 1 saturated carbocycles. The zero-order chi connectivity index (χ0) is 39.9. The van der Waals surface area contributed by atoms with Gasteiger partial charge in [-0.3, -0.25) is 0 Å². The number of carboxylic acids is 1. The van der Waals surface area contributed by atoms with E-state index in [1.807, 2.05) is 0 Å². The lowest BCUT2D eigenvalue weighted by atomic mass is 9.84. The Hall–Kier alpha value is -1.45. The van der Waals surface area contributed by atoms with Gasteiger partial charge in [0, 0.05) is 25.2 Å². The normalized spacial score (nSPS) is 53.0. The average Bonchev–Trinajstić information content (AvgIpc) is 3.44. The van der Waals surface area contributed by atoms with E-state index in [4.69, 9.17) is 72.3 Å². The molecule has 0 aromatic carbocycles. The number of ether oxygens (including phenoxy) is 8. The number of carboxylic acid groups (broad SMARTS) is 1. The first-order chi connectivity index (χ1) is 25.4. The number of hydrogen-bond acceptors (Lipinski definition) is 24. The first-order valence-corrected chi connectivity index (χ1v) is 17.4. The number of aliphatic hydroxyl groups excluding tert-OH is 9. The van der Waals surface area contributed by atoms with Crippen LogP contribution in [0.25, 0.3) is 0 Å². The van der Waals surface area contributed by atoms with Crippen LogP contribution in [-0.4, -0.2) is 224 Å². The van der Waals surface area contributed by atoms with Gasteiger partial charge in [-0.1, -0.05) is 0 Å². The molecule has 0 radical (unpaired) electrons. The van der Waals surface area contributed by atoms with Gasteiger partial charge in [-0.2, -0.15) is 0 Å². The highest BCUT2D eigenvalue weighted by atomic mass is 16.8. The molecular formula is C29H54N6O19.